The highest BCUT2D eigenvalue weighted by Gasteiger charge is 2.14. The molecule has 1 aliphatic heterocycles. The minimum atomic E-state index is -0.954. The molecular formula is C15H19N3O2S2. The summed E-state index contributed by atoms with van der Waals surface area (Å²) in [6.07, 6.45) is 1.67. The van der Waals surface area contributed by atoms with Crippen LogP contribution in [0, 0.1) is 0 Å². The van der Waals surface area contributed by atoms with Crippen LogP contribution in [0.25, 0.3) is 0 Å². The largest absolute Gasteiger partial charge is 0.612 e. The van der Waals surface area contributed by atoms with E-state index < -0.39 is 11.2 Å². The van der Waals surface area contributed by atoms with Crippen molar-refractivity contribution in [2.24, 2.45) is 0 Å². The summed E-state index contributed by atoms with van der Waals surface area (Å²) in [6, 6.07) is 7.36. The van der Waals surface area contributed by atoms with Crippen LogP contribution in [0.4, 0.5) is 5.13 Å². The predicted molar refractivity (Wildman–Crippen MR) is 90.3 cm³/mol. The average Bonchev–Trinajstić information content (AvgIpc) is 3.03. The van der Waals surface area contributed by atoms with E-state index in [4.69, 9.17) is 4.74 Å². The van der Waals surface area contributed by atoms with Gasteiger partial charge in [0.25, 0.3) is 0 Å². The van der Waals surface area contributed by atoms with Gasteiger partial charge in [-0.1, -0.05) is 0 Å². The first-order valence-electron chi connectivity index (χ1n) is 7.19. The van der Waals surface area contributed by atoms with Gasteiger partial charge in [0.05, 0.1) is 5.69 Å². The van der Waals surface area contributed by atoms with Crippen molar-refractivity contribution >= 4 is 27.6 Å². The first kappa shape index (κ1) is 15.6. The number of nitrogens with one attached hydrogen (secondary N) is 1. The number of thiazole rings is 1. The molecule has 0 spiro atoms. The second-order valence-electron chi connectivity index (χ2n) is 5.07. The first-order valence-corrected chi connectivity index (χ1v) is 9.62. The zero-order valence-corrected chi connectivity index (χ0v) is 14.1. The van der Waals surface area contributed by atoms with Crippen molar-refractivity contribution < 1.29 is 9.29 Å². The molecule has 0 bridgehead atoms. The lowest BCUT2D eigenvalue weighted by molar-refractivity contribution is 0.302. The molecule has 0 saturated carbocycles. The highest BCUT2D eigenvalue weighted by Crippen LogP contribution is 2.22. The fourth-order valence-corrected chi connectivity index (χ4v) is 3.63. The van der Waals surface area contributed by atoms with E-state index in [1.54, 1.807) is 17.6 Å². The Hall–Kier alpha value is -1.28. The number of hydrogen-bond acceptors (Lipinski definition) is 6. The van der Waals surface area contributed by atoms with E-state index in [1.807, 2.05) is 29.6 Å². The third-order valence-electron chi connectivity index (χ3n) is 3.47. The van der Waals surface area contributed by atoms with Crippen molar-refractivity contribution in [2.45, 2.75) is 11.5 Å². The molecule has 5 nitrogen and oxygen atoms in total. The van der Waals surface area contributed by atoms with Crippen LogP contribution in [0.5, 0.6) is 5.75 Å². The van der Waals surface area contributed by atoms with E-state index in [0.29, 0.717) is 6.61 Å². The number of ether oxygens (including phenoxy) is 1. The Morgan fingerprint density at radius 1 is 1.32 bits per heavy atom. The fraction of sp³-hybridized carbons (Fsp3) is 0.400. The number of rotatable bonds is 5. The molecule has 1 aliphatic rings. The molecule has 118 valence electrons. The monoisotopic (exact) mass is 337 g/mol. The quantitative estimate of drug-likeness (QED) is 0.844. The summed E-state index contributed by atoms with van der Waals surface area (Å²) >= 11 is 0.711. The zero-order valence-electron chi connectivity index (χ0n) is 12.4. The van der Waals surface area contributed by atoms with Gasteiger partial charge < -0.3 is 19.5 Å². The summed E-state index contributed by atoms with van der Waals surface area (Å²) in [4.78, 5) is 7.75. The minimum Gasteiger partial charge on any atom is -0.612 e. The van der Waals surface area contributed by atoms with Crippen LogP contribution in [-0.2, 0) is 17.8 Å². The van der Waals surface area contributed by atoms with Gasteiger partial charge in [0.2, 0.25) is 0 Å². The Balaban J connectivity index is 1.56. The van der Waals surface area contributed by atoms with E-state index >= 15 is 0 Å². The molecule has 1 N–H and O–H groups in total. The van der Waals surface area contributed by atoms with Crippen molar-refractivity contribution in [3.8, 4) is 5.75 Å². The van der Waals surface area contributed by atoms with E-state index in [2.05, 4.69) is 15.2 Å². The van der Waals surface area contributed by atoms with Crippen molar-refractivity contribution in [1.29, 1.82) is 0 Å². The highest BCUT2D eigenvalue weighted by atomic mass is 32.2. The lowest BCUT2D eigenvalue weighted by atomic mass is 10.3. The van der Waals surface area contributed by atoms with E-state index in [0.717, 1.165) is 47.6 Å². The van der Waals surface area contributed by atoms with Gasteiger partial charge in [0, 0.05) is 31.6 Å². The normalized spacial score (nSPS) is 16.5. The predicted octanol–water partition coefficient (Wildman–Crippen LogP) is 1.87. The molecule has 0 radical (unpaired) electrons. The molecule has 1 saturated heterocycles. The van der Waals surface area contributed by atoms with E-state index in [9.17, 15) is 4.55 Å². The lowest BCUT2D eigenvalue weighted by Crippen LogP contribution is -2.43. The molecule has 1 unspecified atom stereocenters. The van der Waals surface area contributed by atoms with Crippen molar-refractivity contribution in [1.82, 2.24) is 10.3 Å². The third-order valence-corrected chi connectivity index (χ3v) is 5.36. The number of nitrogens with zero attached hydrogens (tertiary/aromatic N) is 2. The Morgan fingerprint density at radius 3 is 2.73 bits per heavy atom. The molecule has 1 atom stereocenters. The van der Waals surface area contributed by atoms with Crippen LogP contribution in [0.2, 0.25) is 0 Å². The zero-order chi connectivity index (χ0) is 15.4. The summed E-state index contributed by atoms with van der Waals surface area (Å²) in [7, 11) is 0. The number of aromatic nitrogens is 1. The Morgan fingerprint density at radius 2 is 2.05 bits per heavy atom. The van der Waals surface area contributed by atoms with Gasteiger partial charge in [0.1, 0.15) is 18.6 Å². The molecule has 22 heavy (non-hydrogen) atoms. The molecule has 7 heteroatoms. The van der Waals surface area contributed by atoms with Crippen LogP contribution >= 0.6 is 11.3 Å². The molecule has 0 amide bonds. The third kappa shape index (κ3) is 3.92. The standard InChI is InChI=1S/C15H19N3O2S2/c1-22(19)14-4-2-13(3-5-14)20-10-12-11-21-15(17-12)18-8-6-16-7-9-18/h2-5,11,16H,6-10H2,1H3. The van der Waals surface area contributed by atoms with Gasteiger partial charge in [-0.3, -0.25) is 0 Å². The Labute approximate surface area is 137 Å². The molecule has 3 rings (SSSR count). The summed E-state index contributed by atoms with van der Waals surface area (Å²) in [5, 5.41) is 6.45. The first-order chi connectivity index (χ1) is 10.7. The molecule has 1 aromatic carbocycles. The molecular weight excluding hydrogens is 318 g/mol. The van der Waals surface area contributed by atoms with Gasteiger partial charge >= 0.3 is 0 Å². The van der Waals surface area contributed by atoms with Crippen molar-refractivity contribution in [3.05, 3.63) is 35.3 Å². The Bertz CT molecular complexity index is 595. The topological polar surface area (TPSA) is 60.5 Å². The maximum absolute atomic E-state index is 11.3. The maximum Gasteiger partial charge on any atom is 0.185 e. The smallest absolute Gasteiger partial charge is 0.185 e. The van der Waals surface area contributed by atoms with Gasteiger partial charge in [-0.25, -0.2) is 4.98 Å². The summed E-state index contributed by atoms with van der Waals surface area (Å²) in [5.41, 5.74) is 0.946. The molecule has 2 heterocycles. The van der Waals surface area contributed by atoms with E-state index in [1.165, 1.54) is 0 Å². The summed E-state index contributed by atoms with van der Waals surface area (Å²) in [6.45, 7) is 4.48. The number of benzene rings is 1. The SMILES string of the molecule is C[S+]([O-])c1ccc(OCc2csc(N3CCNCC3)n2)cc1. The van der Waals surface area contributed by atoms with E-state index in [-0.39, 0.29) is 0 Å². The molecule has 2 aromatic rings. The van der Waals surface area contributed by atoms with Crippen LogP contribution in [-0.4, -0.2) is 42.0 Å². The van der Waals surface area contributed by atoms with Gasteiger partial charge in [-0.05, 0) is 35.4 Å². The van der Waals surface area contributed by atoms with Crippen LogP contribution < -0.4 is 15.0 Å². The summed E-state index contributed by atoms with van der Waals surface area (Å²) in [5.74, 6) is 0.769. The highest BCUT2D eigenvalue weighted by molar-refractivity contribution is 7.90. The summed E-state index contributed by atoms with van der Waals surface area (Å²) < 4.78 is 17.1. The van der Waals surface area contributed by atoms with Crippen LogP contribution in [0.3, 0.4) is 0 Å². The molecule has 1 fully saturated rings. The molecule has 1 aromatic heterocycles. The van der Waals surface area contributed by atoms with Gasteiger partial charge in [-0.15, -0.1) is 11.3 Å². The van der Waals surface area contributed by atoms with Gasteiger partial charge in [0.15, 0.2) is 10.0 Å². The van der Waals surface area contributed by atoms with Crippen molar-refractivity contribution in [2.75, 3.05) is 37.3 Å². The number of anilines is 1. The second-order valence-corrected chi connectivity index (χ2v) is 7.29. The average molecular weight is 337 g/mol. The minimum absolute atomic E-state index is 0.456. The molecule has 0 aliphatic carbocycles. The van der Waals surface area contributed by atoms with Gasteiger partial charge in [-0.2, -0.15) is 0 Å². The second kappa shape index (κ2) is 7.32. The fourth-order valence-electron chi connectivity index (χ4n) is 2.25. The van der Waals surface area contributed by atoms with Crippen LogP contribution in [0.1, 0.15) is 5.69 Å². The van der Waals surface area contributed by atoms with Crippen LogP contribution in [0.15, 0.2) is 34.5 Å². The maximum atomic E-state index is 11.3. The number of hydrogen-bond donors (Lipinski definition) is 1. The lowest BCUT2D eigenvalue weighted by Gasteiger charge is -2.26. The van der Waals surface area contributed by atoms with Crippen molar-refractivity contribution in [3.63, 3.8) is 0 Å². The number of piperazine rings is 1. The Kier molecular flexibility index (Phi) is 5.20.